The lowest BCUT2D eigenvalue weighted by Gasteiger charge is -3.09. The number of amides is 2. The van der Waals surface area contributed by atoms with E-state index in [2.05, 4.69) is 42.5 Å². The molecule has 6 fully saturated rings. The molecule has 44 heavy (non-hydrogen) atoms. The summed E-state index contributed by atoms with van der Waals surface area (Å²) in [5.74, 6) is 3.92. The minimum Gasteiger partial charge on any atom is -0.506 e. The molecular formula is C35H30Cl2N2O3S2. The second-order valence-corrected chi connectivity index (χ2v) is 17.1. The molecule has 4 heterocycles. The molecule has 0 radical (unpaired) electrons. The van der Waals surface area contributed by atoms with Gasteiger partial charge in [0.1, 0.15) is 5.75 Å². The Balaban J connectivity index is 0.928. The number of fused-ring (bicyclic) bond motifs is 6. The van der Waals surface area contributed by atoms with E-state index in [1.54, 1.807) is 28.7 Å². The van der Waals surface area contributed by atoms with Crippen molar-refractivity contribution in [1.29, 1.82) is 0 Å². The second kappa shape index (κ2) is 7.62. The Morgan fingerprint density at radius 3 is 1.66 bits per heavy atom. The van der Waals surface area contributed by atoms with E-state index in [-0.39, 0.29) is 34.3 Å². The van der Waals surface area contributed by atoms with Crippen LogP contribution in [0.2, 0.25) is 0 Å². The number of rotatable bonds is 4. The first-order valence-corrected chi connectivity index (χ1v) is 18.6. The first kappa shape index (κ1) is 25.8. The molecule has 8 aliphatic rings. The van der Waals surface area contributed by atoms with Gasteiger partial charge in [-0.1, -0.05) is 0 Å². The molecule has 6 saturated carbocycles. The van der Waals surface area contributed by atoms with Crippen molar-refractivity contribution in [3.63, 3.8) is 0 Å². The summed E-state index contributed by atoms with van der Waals surface area (Å²) < 4.78 is 2.19. The Kier molecular flexibility index (Phi) is 4.47. The average molecular weight is 662 g/mol. The molecule has 0 spiro atoms. The summed E-state index contributed by atoms with van der Waals surface area (Å²) in [7, 11) is 0. The van der Waals surface area contributed by atoms with Crippen LogP contribution in [0.25, 0.3) is 20.2 Å². The zero-order chi connectivity index (χ0) is 29.9. The molecule has 9 heteroatoms. The highest BCUT2D eigenvalue weighted by atomic mass is 35.5. The Morgan fingerprint density at radius 2 is 1.18 bits per heavy atom. The second-order valence-electron chi connectivity index (χ2n) is 14.8. The van der Waals surface area contributed by atoms with Gasteiger partial charge in [-0.25, -0.2) is 0 Å². The van der Waals surface area contributed by atoms with E-state index >= 15 is 0 Å². The summed E-state index contributed by atoms with van der Waals surface area (Å²) in [4.78, 5) is 33.2. The van der Waals surface area contributed by atoms with Crippen LogP contribution in [-0.2, 0) is 9.59 Å². The molecule has 2 aromatic heterocycles. The molecule has 0 bridgehead atoms. The maximum absolute atomic E-state index is 14.6. The monoisotopic (exact) mass is 660 g/mol. The molecule has 2 aliphatic heterocycles. The van der Waals surface area contributed by atoms with Crippen LogP contribution in [0.1, 0.15) is 39.7 Å². The standard InChI is InChI=1S/C35H30Cl2N2O3S2/c1-12-4-17-22(20-13(2)10-43-30(12)20)15(6-36)8-38(17)32(41)34-24-27-25(34)29-26(34)28(24)35(27,29)33(42)39-9-16(7-37)23-18(39)5-19(40)31-21(23)14(3)11-44-31/h4-5,10-11,15-16,24-29,40H,6-9H2,1-3H3/t15-,16-,24?,25?,26?,27?,28?,29?,34?,35?/m1/s1. The Hall–Kier alpha value is -2.32. The lowest BCUT2D eigenvalue weighted by atomic mass is 8.92. The number of carbonyl (C=O) groups is 2. The fourth-order valence-corrected chi connectivity index (χ4v) is 15.0. The highest BCUT2D eigenvalue weighted by molar-refractivity contribution is 7.18. The smallest absolute Gasteiger partial charge is 0.234 e. The lowest BCUT2D eigenvalue weighted by molar-refractivity contribution is -0.623. The number of aryl methyl sites for hydroxylation is 3. The Labute approximate surface area is 272 Å². The third-order valence-corrected chi connectivity index (χ3v) is 16.8. The van der Waals surface area contributed by atoms with Crippen molar-refractivity contribution in [2.75, 3.05) is 34.6 Å². The number of alkyl halides is 2. The highest BCUT2D eigenvalue weighted by Gasteiger charge is 3.13. The minimum absolute atomic E-state index is 0.0548. The van der Waals surface area contributed by atoms with Crippen molar-refractivity contribution in [3.05, 3.63) is 50.7 Å². The molecule has 0 saturated heterocycles. The number of hydrogen-bond donors (Lipinski definition) is 1. The number of hydrogen-bond acceptors (Lipinski definition) is 5. The van der Waals surface area contributed by atoms with Crippen LogP contribution in [0.4, 0.5) is 11.4 Å². The average Bonchev–Trinajstić information content (AvgIpc) is 3.79. The maximum Gasteiger partial charge on any atom is 0.234 e. The van der Waals surface area contributed by atoms with Gasteiger partial charge >= 0.3 is 0 Å². The summed E-state index contributed by atoms with van der Waals surface area (Å²) in [5.41, 5.74) is 7.37. The topological polar surface area (TPSA) is 60.9 Å². The maximum atomic E-state index is 14.6. The van der Waals surface area contributed by atoms with Crippen molar-refractivity contribution in [2.45, 2.75) is 32.6 Å². The quantitative estimate of drug-likeness (QED) is 0.230. The van der Waals surface area contributed by atoms with E-state index in [1.165, 1.54) is 26.8 Å². The van der Waals surface area contributed by atoms with E-state index in [1.807, 2.05) is 4.90 Å². The van der Waals surface area contributed by atoms with Gasteiger partial charge in [-0.2, -0.15) is 0 Å². The number of halogens is 2. The van der Waals surface area contributed by atoms with Crippen molar-refractivity contribution >= 4 is 89.2 Å². The largest absolute Gasteiger partial charge is 0.506 e. The van der Waals surface area contributed by atoms with Gasteiger partial charge in [0.15, 0.2) is 0 Å². The third-order valence-electron chi connectivity index (χ3n) is 13.7. The minimum atomic E-state index is -0.299. The molecule has 5 nitrogen and oxygen atoms in total. The predicted octanol–water partition coefficient (Wildman–Crippen LogP) is 7.52. The first-order chi connectivity index (χ1) is 21.2. The van der Waals surface area contributed by atoms with Crippen molar-refractivity contribution in [3.8, 4) is 5.75 Å². The van der Waals surface area contributed by atoms with E-state index in [9.17, 15) is 14.7 Å². The molecule has 1 N–H and O–H groups in total. The molecule has 2 aromatic carbocycles. The number of nitrogens with zero attached hydrogens (tertiary/aromatic N) is 2. The molecular weight excluding hydrogens is 631 g/mol. The van der Waals surface area contributed by atoms with Crippen LogP contribution in [0.3, 0.4) is 0 Å². The number of anilines is 2. The van der Waals surface area contributed by atoms with Crippen LogP contribution < -0.4 is 9.80 Å². The fraction of sp³-hybridized carbons (Fsp3) is 0.486. The van der Waals surface area contributed by atoms with Gasteiger partial charge in [-0.3, -0.25) is 9.59 Å². The van der Waals surface area contributed by atoms with Gasteiger partial charge in [0.25, 0.3) is 0 Å². The zero-order valence-electron chi connectivity index (χ0n) is 24.5. The van der Waals surface area contributed by atoms with Crippen molar-refractivity contribution in [2.24, 2.45) is 46.3 Å². The van der Waals surface area contributed by atoms with E-state index in [0.29, 0.717) is 66.3 Å². The summed E-state index contributed by atoms with van der Waals surface area (Å²) >= 11 is 16.4. The molecule has 4 aromatic rings. The lowest BCUT2D eigenvalue weighted by Crippen LogP contribution is -3.12. The summed E-state index contributed by atoms with van der Waals surface area (Å²) in [6.07, 6.45) is 0. The van der Waals surface area contributed by atoms with Crippen LogP contribution in [0, 0.1) is 67.1 Å². The fourth-order valence-electron chi connectivity index (χ4n) is 12.5. The van der Waals surface area contributed by atoms with Crippen molar-refractivity contribution in [1.82, 2.24) is 0 Å². The number of phenolic OH excluding ortho intramolecular Hbond substituents is 1. The van der Waals surface area contributed by atoms with Crippen LogP contribution >= 0.6 is 45.9 Å². The van der Waals surface area contributed by atoms with Crippen LogP contribution in [0.5, 0.6) is 5.75 Å². The molecule has 2 atom stereocenters. The molecule has 224 valence electrons. The van der Waals surface area contributed by atoms with Gasteiger partial charge in [-0.05, 0) is 101 Å². The molecule has 6 aliphatic carbocycles. The number of phenols is 1. The van der Waals surface area contributed by atoms with Gasteiger partial charge in [0, 0.05) is 63.9 Å². The summed E-state index contributed by atoms with van der Waals surface area (Å²) in [6, 6.07) is 4.03. The van der Waals surface area contributed by atoms with Gasteiger partial charge in [0.2, 0.25) is 11.8 Å². The molecule has 2 amide bonds. The normalized spacial score (nSPS) is 38.9. The number of benzene rings is 2. The van der Waals surface area contributed by atoms with Crippen LogP contribution in [-0.4, -0.2) is 41.8 Å². The van der Waals surface area contributed by atoms with Gasteiger partial charge in [-0.15, -0.1) is 45.9 Å². The summed E-state index contributed by atoms with van der Waals surface area (Å²) in [6.45, 7) is 7.63. The van der Waals surface area contributed by atoms with E-state index in [4.69, 9.17) is 23.2 Å². The number of aromatic hydroxyl groups is 1. The van der Waals surface area contributed by atoms with Gasteiger partial charge < -0.3 is 14.9 Å². The van der Waals surface area contributed by atoms with Crippen LogP contribution in [0.15, 0.2) is 22.9 Å². The SMILES string of the molecule is Cc1cc2c(c3c(C)csc13)[C@H](CCl)CN2C(=O)C12C3C4C1C1C2C3C41C(=O)N1C[C@@H](CCl)c2c1cc(O)c1scc(C)c21. The third kappa shape index (κ3) is 2.22. The van der Waals surface area contributed by atoms with E-state index in [0.717, 1.165) is 32.6 Å². The van der Waals surface area contributed by atoms with Gasteiger partial charge in [0.05, 0.1) is 21.2 Å². The predicted molar refractivity (Wildman–Crippen MR) is 177 cm³/mol. The Bertz CT molecular complexity index is 1900. The molecule has 12 rings (SSSR count). The molecule has 0 unspecified atom stereocenters. The van der Waals surface area contributed by atoms with Crippen molar-refractivity contribution < 1.29 is 14.7 Å². The van der Waals surface area contributed by atoms with E-state index < -0.39 is 0 Å². The number of thiophene rings is 2. The summed E-state index contributed by atoms with van der Waals surface area (Å²) in [5, 5.41) is 17.6. The highest BCUT2D eigenvalue weighted by Crippen LogP contribution is 3.10. The number of carbonyl (C=O) groups excluding carboxylic acids is 2. The Morgan fingerprint density at radius 1 is 0.750 bits per heavy atom. The first-order valence-electron chi connectivity index (χ1n) is 15.7. The zero-order valence-corrected chi connectivity index (χ0v) is 27.6.